The zero-order valence-corrected chi connectivity index (χ0v) is 17.6. The first-order valence-corrected chi connectivity index (χ1v) is 10.1. The minimum Gasteiger partial charge on any atom is -0.487 e. The Morgan fingerprint density at radius 3 is 2.61 bits per heavy atom. The third-order valence-electron chi connectivity index (χ3n) is 4.48. The third kappa shape index (κ3) is 3.84. The van der Waals surface area contributed by atoms with E-state index in [9.17, 15) is 0 Å². The number of aryl methyl sites for hydroxylation is 1. The summed E-state index contributed by atoms with van der Waals surface area (Å²) >= 11 is 9.95. The fourth-order valence-electron chi connectivity index (χ4n) is 3.14. The summed E-state index contributed by atoms with van der Waals surface area (Å²) in [6, 6.07) is 23.8. The van der Waals surface area contributed by atoms with Crippen molar-refractivity contribution in [2.75, 3.05) is 0 Å². The van der Waals surface area contributed by atoms with Crippen LogP contribution in [0, 0.1) is 6.92 Å². The number of pyridine rings is 1. The summed E-state index contributed by atoms with van der Waals surface area (Å²) in [4.78, 5) is 4.55. The van der Waals surface area contributed by atoms with Gasteiger partial charge in [0.2, 0.25) is 0 Å². The van der Waals surface area contributed by atoms with E-state index in [0.29, 0.717) is 11.6 Å². The van der Waals surface area contributed by atoms with Gasteiger partial charge in [0.05, 0.1) is 11.4 Å². The Bertz CT molecular complexity index is 1110. The molecule has 0 radical (unpaired) electrons. The molecule has 28 heavy (non-hydrogen) atoms. The molecule has 0 N–H and O–H groups in total. The van der Waals surface area contributed by atoms with Crippen molar-refractivity contribution in [3.63, 3.8) is 0 Å². The van der Waals surface area contributed by atoms with E-state index in [2.05, 4.69) is 44.5 Å². The number of halogens is 2. The zero-order chi connectivity index (χ0) is 19.5. The molecule has 0 unspecified atom stereocenters. The lowest BCUT2D eigenvalue weighted by molar-refractivity contribution is 0.305. The first-order chi connectivity index (χ1) is 13.6. The van der Waals surface area contributed by atoms with Crippen LogP contribution in [0.3, 0.4) is 0 Å². The lowest BCUT2D eigenvalue weighted by Gasteiger charge is -2.17. The van der Waals surface area contributed by atoms with Crippen LogP contribution in [0.2, 0.25) is 5.02 Å². The second-order valence-corrected chi connectivity index (χ2v) is 7.71. The number of hydrogen-bond acceptors (Lipinski definition) is 2. The summed E-state index contributed by atoms with van der Waals surface area (Å²) in [6.45, 7) is 2.54. The van der Waals surface area contributed by atoms with Gasteiger partial charge in [-0.25, -0.2) is 0 Å². The molecule has 0 bridgehead atoms. The van der Waals surface area contributed by atoms with Crippen molar-refractivity contribution in [1.82, 2.24) is 9.55 Å². The predicted octanol–water partition coefficient (Wildman–Crippen LogP) is 6.84. The number of aromatic nitrogens is 2. The Morgan fingerprint density at radius 1 is 1.00 bits per heavy atom. The van der Waals surface area contributed by atoms with E-state index in [0.717, 1.165) is 38.6 Å². The number of rotatable bonds is 5. The first-order valence-electron chi connectivity index (χ1n) is 8.89. The summed E-state index contributed by atoms with van der Waals surface area (Å²) < 4.78 is 9.22. The van der Waals surface area contributed by atoms with E-state index in [-0.39, 0.29) is 0 Å². The second-order valence-electron chi connectivity index (χ2n) is 6.42. The monoisotopic (exact) mass is 452 g/mol. The molecule has 0 fully saturated rings. The molecular weight excluding hydrogens is 436 g/mol. The van der Waals surface area contributed by atoms with Crippen LogP contribution in [-0.4, -0.2) is 9.55 Å². The largest absolute Gasteiger partial charge is 0.487 e. The average Bonchev–Trinajstić information content (AvgIpc) is 3.09. The summed E-state index contributed by atoms with van der Waals surface area (Å²) in [6.07, 6.45) is 1.79. The van der Waals surface area contributed by atoms with Gasteiger partial charge in [0, 0.05) is 21.4 Å². The van der Waals surface area contributed by atoms with Gasteiger partial charge in [-0.3, -0.25) is 4.98 Å². The minimum absolute atomic E-state index is 0.485. The molecule has 2 heterocycles. The van der Waals surface area contributed by atoms with Gasteiger partial charge in [0.15, 0.2) is 0 Å². The van der Waals surface area contributed by atoms with Crippen molar-refractivity contribution < 1.29 is 4.74 Å². The van der Waals surface area contributed by atoms with E-state index >= 15 is 0 Å². The summed E-state index contributed by atoms with van der Waals surface area (Å²) in [7, 11) is 0. The molecule has 2 aromatic carbocycles. The highest BCUT2D eigenvalue weighted by atomic mass is 79.9. The van der Waals surface area contributed by atoms with E-state index in [1.807, 2.05) is 60.7 Å². The van der Waals surface area contributed by atoms with E-state index in [4.69, 9.17) is 16.3 Å². The molecule has 3 nitrogen and oxygen atoms in total. The highest BCUT2D eigenvalue weighted by Gasteiger charge is 2.17. The summed E-state index contributed by atoms with van der Waals surface area (Å²) in [5.41, 5.74) is 4.90. The molecule has 0 saturated carbocycles. The molecular formula is C23H18BrClN2O. The Labute approximate surface area is 177 Å². The van der Waals surface area contributed by atoms with Gasteiger partial charge in [-0.1, -0.05) is 41.9 Å². The molecule has 0 aliphatic carbocycles. The van der Waals surface area contributed by atoms with Crippen LogP contribution < -0.4 is 4.74 Å². The molecule has 140 valence electrons. The predicted molar refractivity (Wildman–Crippen MR) is 117 cm³/mol. The highest BCUT2D eigenvalue weighted by molar-refractivity contribution is 9.10. The van der Waals surface area contributed by atoms with E-state index in [1.165, 1.54) is 0 Å². The normalized spacial score (nSPS) is 10.8. The van der Waals surface area contributed by atoms with Crippen LogP contribution in [0.25, 0.3) is 17.1 Å². The van der Waals surface area contributed by atoms with Crippen LogP contribution >= 0.6 is 27.5 Å². The first kappa shape index (κ1) is 18.8. The van der Waals surface area contributed by atoms with Crippen molar-refractivity contribution in [3.05, 3.63) is 99.7 Å². The maximum absolute atomic E-state index is 6.34. The van der Waals surface area contributed by atoms with Gasteiger partial charge >= 0.3 is 0 Å². The number of nitrogens with zero attached hydrogens (tertiary/aromatic N) is 2. The van der Waals surface area contributed by atoms with E-state index < -0.39 is 0 Å². The van der Waals surface area contributed by atoms with Crippen LogP contribution in [0.5, 0.6) is 5.75 Å². The highest BCUT2D eigenvalue weighted by Crippen LogP contribution is 2.35. The third-order valence-corrected chi connectivity index (χ3v) is 5.35. The topological polar surface area (TPSA) is 27.1 Å². The van der Waals surface area contributed by atoms with Gasteiger partial charge in [-0.05, 0) is 70.9 Å². The summed E-state index contributed by atoms with van der Waals surface area (Å²) in [5.74, 6) is 0.765. The van der Waals surface area contributed by atoms with Crippen LogP contribution in [0.15, 0.2) is 83.5 Å². The summed E-state index contributed by atoms with van der Waals surface area (Å²) in [5, 5.41) is 0.654. The standard InChI is InChI=1S/C23H18BrClN2O/c1-16-9-11-20(23-19(24)8-5-13-26-23)27(16)21-14-18(25)10-12-22(21)28-15-17-6-3-2-4-7-17/h2-14H,15H2,1H3. The zero-order valence-electron chi connectivity index (χ0n) is 15.3. The molecule has 0 saturated heterocycles. The maximum atomic E-state index is 6.34. The van der Waals surface area contributed by atoms with E-state index in [1.54, 1.807) is 6.20 Å². The van der Waals surface area contributed by atoms with Crippen molar-refractivity contribution in [2.45, 2.75) is 13.5 Å². The van der Waals surface area contributed by atoms with Gasteiger partial charge in [-0.2, -0.15) is 0 Å². The van der Waals surface area contributed by atoms with Crippen LogP contribution in [-0.2, 0) is 6.61 Å². The van der Waals surface area contributed by atoms with Gasteiger partial charge < -0.3 is 9.30 Å². The number of ether oxygens (including phenoxy) is 1. The van der Waals surface area contributed by atoms with Crippen LogP contribution in [0.4, 0.5) is 0 Å². The minimum atomic E-state index is 0.485. The fourth-order valence-corrected chi connectivity index (χ4v) is 3.76. The molecule has 2 aromatic heterocycles. The Hall–Kier alpha value is -2.56. The molecule has 4 aromatic rings. The molecule has 0 amide bonds. The average molecular weight is 454 g/mol. The number of benzene rings is 2. The van der Waals surface area contributed by atoms with Gasteiger partial charge in [0.25, 0.3) is 0 Å². The Balaban J connectivity index is 1.79. The van der Waals surface area contributed by atoms with Crippen molar-refractivity contribution in [1.29, 1.82) is 0 Å². The van der Waals surface area contributed by atoms with Gasteiger partial charge in [-0.15, -0.1) is 0 Å². The van der Waals surface area contributed by atoms with Crippen LogP contribution in [0.1, 0.15) is 11.3 Å². The number of hydrogen-bond donors (Lipinski definition) is 0. The smallest absolute Gasteiger partial charge is 0.143 e. The lowest BCUT2D eigenvalue weighted by atomic mass is 10.2. The molecule has 4 rings (SSSR count). The quantitative estimate of drug-likeness (QED) is 0.331. The van der Waals surface area contributed by atoms with Crippen molar-refractivity contribution in [3.8, 4) is 22.8 Å². The van der Waals surface area contributed by atoms with Gasteiger partial charge in [0.1, 0.15) is 18.1 Å². The molecule has 0 atom stereocenters. The van der Waals surface area contributed by atoms with Crippen molar-refractivity contribution >= 4 is 27.5 Å². The van der Waals surface area contributed by atoms with Crippen molar-refractivity contribution in [2.24, 2.45) is 0 Å². The fraction of sp³-hybridized carbons (Fsp3) is 0.0870. The second kappa shape index (κ2) is 8.21. The maximum Gasteiger partial charge on any atom is 0.143 e. The molecule has 0 spiro atoms. The molecule has 5 heteroatoms. The molecule has 0 aliphatic rings. The molecule has 0 aliphatic heterocycles. The Kier molecular flexibility index (Phi) is 5.51. The Morgan fingerprint density at radius 2 is 1.82 bits per heavy atom. The lowest BCUT2D eigenvalue weighted by Crippen LogP contribution is -2.05. The SMILES string of the molecule is Cc1ccc(-c2ncccc2Br)n1-c1cc(Cl)ccc1OCc1ccccc1.